The second kappa shape index (κ2) is 3.87. The second-order valence-corrected chi connectivity index (χ2v) is 4.74. The minimum atomic E-state index is -4.37. The molecule has 2 rings (SSSR count). The highest BCUT2D eigenvalue weighted by Crippen LogP contribution is 2.38. The van der Waals surface area contributed by atoms with Gasteiger partial charge < -0.3 is 0 Å². The molecule has 1 fully saturated rings. The zero-order valence-electron chi connectivity index (χ0n) is 8.14. The number of carbonyl (C=O) groups excluding carboxylic acids is 1. The molecule has 16 heavy (non-hydrogen) atoms. The Morgan fingerprint density at radius 1 is 1.25 bits per heavy atom. The van der Waals surface area contributed by atoms with Crippen molar-refractivity contribution in [3.63, 3.8) is 0 Å². The fourth-order valence-corrected chi connectivity index (χ4v) is 2.25. The highest BCUT2D eigenvalue weighted by Gasteiger charge is 2.34. The number of Topliss-reactive ketones (excluding diaryl/α,β-unsaturated/α-hetero) is 1. The van der Waals surface area contributed by atoms with Gasteiger partial charge in [0.15, 0.2) is 0 Å². The van der Waals surface area contributed by atoms with Gasteiger partial charge in [-0.05, 0) is 30.2 Å². The molecule has 1 aromatic carbocycles. The maximum atomic E-state index is 12.5. The van der Waals surface area contributed by atoms with E-state index in [1.807, 2.05) is 0 Å². The molecule has 0 radical (unpaired) electrons. The van der Waals surface area contributed by atoms with Gasteiger partial charge in [0.05, 0.1) is 5.56 Å². The van der Waals surface area contributed by atoms with E-state index in [4.69, 9.17) is 0 Å². The highest BCUT2D eigenvalue weighted by molar-refractivity contribution is 9.10. The predicted octanol–water partition coefficient (Wildman–Crippen LogP) is 3.91. The summed E-state index contributed by atoms with van der Waals surface area (Å²) in [5.74, 6) is -0.329. The van der Waals surface area contributed by atoms with Crippen LogP contribution >= 0.6 is 15.9 Å². The van der Waals surface area contributed by atoms with E-state index < -0.39 is 11.7 Å². The lowest BCUT2D eigenvalue weighted by Gasteiger charge is -2.25. The van der Waals surface area contributed by atoms with Crippen LogP contribution in [0.1, 0.15) is 29.9 Å². The van der Waals surface area contributed by atoms with E-state index in [2.05, 4.69) is 15.9 Å². The van der Waals surface area contributed by atoms with Crippen LogP contribution in [0.3, 0.4) is 0 Å². The van der Waals surface area contributed by atoms with Gasteiger partial charge in [0, 0.05) is 16.8 Å². The quantitative estimate of drug-likeness (QED) is 0.767. The maximum Gasteiger partial charge on any atom is 0.416 e. The summed E-state index contributed by atoms with van der Waals surface area (Å²) in [6.45, 7) is 0. The van der Waals surface area contributed by atoms with Gasteiger partial charge in [0.25, 0.3) is 0 Å². The summed E-state index contributed by atoms with van der Waals surface area (Å²) in [5.41, 5.74) is -0.255. The van der Waals surface area contributed by atoms with Crippen LogP contribution in [0.25, 0.3) is 0 Å². The first-order valence-electron chi connectivity index (χ1n) is 4.78. The SMILES string of the molecule is O=C1CCC1c1cc(Br)cc(C(F)(F)F)c1. The number of halogens is 4. The van der Waals surface area contributed by atoms with E-state index in [0.717, 1.165) is 12.1 Å². The van der Waals surface area contributed by atoms with Gasteiger partial charge in [-0.1, -0.05) is 15.9 Å². The molecule has 1 saturated carbocycles. The van der Waals surface area contributed by atoms with E-state index in [-0.39, 0.29) is 11.7 Å². The number of alkyl halides is 3. The summed E-state index contributed by atoms with van der Waals surface area (Å²) in [4.78, 5) is 11.2. The van der Waals surface area contributed by atoms with E-state index in [0.29, 0.717) is 22.9 Å². The Hall–Kier alpha value is -0.840. The largest absolute Gasteiger partial charge is 0.416 e. The van der Waals surface area contributed by atoms with Crippen molar-refractivity contribution in [1.82, 2.24) is 0 Å². The van der Waals surface area contributed by atoms with Gasteiger partial charge >= 0.3 is 6.18 Å². The molecule has 0 N–H and O–H groups in total. The molecular weight excluding hydrogens is 285 g/mol. The number of rotatable bonds is 1. The Labute approximate surface area is 98.8 Å². The number of benzene rings is 1. The summed E-state index contributed by atoms with van der Waals surface area (Å²) >= 11 is 3.04. The highest BCUT2D eigenvalue weighted by atomic mass is 79.9. The van der Waals surface area contributed by atoms with Crippen LogP contribution in [0.2, 0.25) is 0 Å². The van der Waals surface area contributed by atoms with Crippen molar-refractivity contribution < 1.29 is 18.0 Å². The van der Waals surface area contributed by atoms with Crippen molar-refractivity contribution in [1.29, 1.82) is 0 Å². The van der Waals surface area contributed by atoms with Crippen LogP contribution in [-0.2, 0) is 11.0 Å². The van der Waals surface area contributed by atoms with Gasteiger partial charge in [-0.25, -0.2) is 0 Å². The minimum Gasteiger partial charge on any atom is -0.299 e. The number of hydrogen-bond donors (Lipinski definition) is 0. The van der Waals surface area contributed by atoms with Crippen molar-refractivity contribution >= 4 is 21.7 Å². The lowest BCUT2D eigenvalue weighted by atomic mass is 9.78. The van der Waals surface area contributed by atoms with Crippen LogP contribution in [0.4, 0.5) is 13.2 Å². The molecule has 0 spiro atoms. The van der Waals surface area contributed by atoms with Gasteiger partial charge in [0.1, 0.15) is 5.78 Å². The Kier molecular flexibility index (Phi) is 2.82. The van der Waals surface area contributed by atoms with E-state index >= 15 is 0 Å². The van der Waals surface area contributed by atoms with Crippen LogP contribution in [0.5, 0.6) is 0 Å². The summed E-state index contributed by atoms with van der Waals surface area (Å²) in [6, 6.07) is 3.66. The molecule has 1 aromatic rings. The average molecular weight is 293 g/mol. The third kappa shape index (κ3) is 2.14. The summed E-state index contributed by atoms with van der Waals surface area (Å²) in [7, 11) is 0. The smallest absolute Gasteiger partial charge is 0.299 e. The van der Waals surface area contributed by atoms with E-state index in [1.54, 1.807) is 6.07 Å². The molecule has 1 aliphatic rings. The monoisotopic (exact) mass is 292 g/mol. The molecule has 86 valence electrons. The van der Waals surface area contributed by atoms with E-state index in [1.165, 1.54) is 0 Å². The van der Waals surface area contributed by atoms with Crippen molar-refractivity contribution in [2.75, 3.05) is 0 Å². The first kappa shape index (κ1) is 11.6. The van der Waals surface area contributed by atoms with Crippen LogP contribution in [-0.4, -0.2) is 5.78 Å². The molecule has 0 bridgehead atoms. The van der Waals surface area contributed by atoms with E-state index in [9.17, 15) is 18.0 Å². The summed E-state index contributed by atoms with van der Waals surface area (Å²) in [5, 5.41) is 0. The van der Waals surface area contributed by atoms with Gasteiger partial charge in [0.2, 0.25) is 0 Å². The number of hydrogen-bond acceptors (Lipinski definition) is 1. The van der Waals surface area contributed by atoms with Gasteiger partial charge in [-0.2, -0.15) is 13.2 Å². The molecule has 0 saturated heterocycles. The lowest BCUT2D eigenvalue weighted by molar-refractivity contribution is -0.138. The third-order valence-electron chi connectivity index (χ3n) is 2.72. The first-order valence-corrected chi connectivity index (χ1v) is 5.57. The van der Waals surface area contributed by atoms with Crippen molar-refractivity contribution in [2.24, 2.45) is 0 Å². The maximum absolute atomic E-state index is 12.5. The topological polar surface area (TPSA) is 17.1 Å². The van der Waals surface area contributed by atoms with Crippen molar-refractivity contribution in [3.05, 3.63) is 33.8 Å². The van der Waals surface area contributed by atoms with Crippen LogP contribution in [0.15, 0.2) is 22.7 Å². The zero-order valence-corrected chi connectivity index (χ0v) is 9.73. The lowest BCUT2D eigenvalue weighted by Crippen LogP contribution is -2.23. The Morgan fingerprint density at radius 2 is 1.94 bits per heavy atom. The summed E-state index contributed by atoms with van der Waals surface area (Å²) < 4.78 is 37.9. The van der Waals surface area contributed by atoms with Crippen LogP contribution in [0, 0.1) is 0 Å². The fraction of sp³-hybridized carbons (Fsp3) is 0.364. The first-order chi connectivity index (χ1) is 7.38. The molecule has 0 aromatic heterocycles. The van der Waals surface area contributed by atoms with Crippen molar-refractivity contribution in [3.8, 4) is 0 Å². The zero-order chi connectivity index (χ0) is 11.9. The Balaban J connectivity index is 2.40. The predicted molar refractivity (Wildman–Crippen MR) is 56.1 cm³/mol. The summed E-state index contributed by atoms with van der Waals surface area (Å²) in [6.07, 6.45) is -3.25. The molecule has 1 unspecified atom stereocenters. The third-order valence-corrected chi connectivity index (χ3v) is 3.18. The Bertz CT molecular complexity index is 439. The van der Waals surface area contributed by atoms with Gasteiger partial charge in [-0.3, -0.25) is 4.79 Å². The molecule has 5 heteroatoms. The number of carbonyl (C=O) groups is 1. The molecular formula is C11H8BrF3O. The molecule has 1 atom stereocenters. The van der Waals surface area contributed by atoms with Gasteiger partial charge in [-0.15, -0.1) is 0 Å². The molecule has 0 heterocycles. The molecule has 1 nitrogen and oxygen atoms in total. The van der Waals surface area contributed by atoms with Crippen LogP contribution < -0.4 is 0 Å². The Morgan fingerprint density at radius 3 is 2.38 bits per heavy atom. The molecule has 1 aliphatic carbocycles. The minimum absolute atomic E-state index is 0.0197. The standard InChI is InChI=1S/C11H8BrF3O/c12-8-4-6(9-1-2-10(9)16)3-7(5-8)11(13,14)15/h3-5,9H,1-2H2. The molecule has 0 aliphatic heterocycles. The fourth-order valence-electron chi connectivity index (χ4n) is 1.74. The molecule has 0 amide bonds. The average Bonchev–Trinajstić information content (AvgIpc) is 2.13. The second-order valence-electron chi connectivity index (χ2n) is 3.83. The number of ketones is 1. The van der Waals surface area contributed by atoms with Crippen molar-refractivity contribution in [2.45, 2.75) is 24.9 Å². The normalized spacial score (nSPS) is 20.8.